The van der Waals surface area contributed by atoms with E-state index in [1.54, 1.807) is 6.08 Å². The number of hydrogen-bond acceptors (Lipinski definition) is 5. The average Bonchev–Trinajstić information content (AvgIpc) is 3.49. The van der Waals surface area contributed by atoms with Gasteiger partial charge in [0.1, 0.15) is 0 Å². The number of unbranched alkanes of at least 4 members (excludes halogenated alkanes) is 59. The van der Waals surface area contributed by atoms with Gasteiger partial charge in [0, 0.05) is 12.8 Å². The van der Waals surface area contributed by atoms with E-state index in [0.29, 0.717) is 19.4 Å². The quantitative estimate of drug-likeness (QED) is 0.0320. The molecule has 0 aliphatic heterocycles. The number of allylic oxidation sites excluding steroid dienone is 3. The minimum atomic E-state index is -0.842. The molecule has 0 aliphatic rings. The van der Waals surface area contributed by atoms with Crippen LogP contribution in [0.15, 0.2) is 24.3 Å². The van der Waals surface area contributed by atoms with E-state index < -0.39 is 12.1 Å². The normalized spacial score (nSPS) is 12.6. The monoisotopic (exact) mass is 1170 g/mol. The van der Waals surface area contributed by atoms with Crippen LogP contribution < -0.4 is 5.32 Å². The molecule has 83 heavy (non-hydrogen) atoms. The van der Waals surface area contributed by atoms with Gasteiger partial charge in [0.2, 0.25) is 5.91 Å². The van der Waals surface area contributed by atoms with Crippen LogP contribution in [-0.2, 0) is 14.3 Å². The number of aliphatic hydroxyl groups is 2. The van der Waals surface area contributed by atoms with Gasteiger partial charge in [0.25, 0.3) is 0 Å². The molecule has 6 heteroatoms. The Morgan fingerprint density at radius 2 is 0.566 bits per heavy atom. The van der Waals surface area contributed by atoms with Crippen molar-refractivity contribution in [2.75, 3.05) is 13.2 Å². The van der Waals surface area contributed by atoms with Crippen LogP contribution in [0.5, 0.6) is 0 Å². The van der Waals surface area contributed by atoms with Crippen LogP contribution >= 0.6 is 0 Å². The summed E-state index contributed by atoms with van der Waals surface area (Å²) in [6, 6.07) is -0.625. The maximum absolute atomic E-state index is 12.5. The van der Waals surface area contributed by atoms with Crippen molar-refractivity contribution in [3.63, 3.8) is 0 Å². The summed E-state index contributed by atoms with van der Waals surface area (Å²) in [4.78, 5) is 24.6. The molecule has 0 radical (unpaired) electrons. The number of rotatable bonds is 72. The molecular formula is C77H149NO5. The number of nitrogens with one attached hydrogen (secondary N) is 1. The Morgan fingerprint density at radius 1 is 0.325 bits per heavy atom. The maximum Gasteiger partial charge on any atom is 0.305 e. The average molecular weight is 1170 g/mol. The fraction of sp³-hybridized carbons (Fsp3) is 0.922. The number of carbonyl (C=O) groups excluding carboxylic acids is 2. The van der Waals surface area contributed by atoms with E-state index in [-0.39, 0.29) is 18.5 Å². The van der Waals surface area contributed by atoms with Crippen LogP contribution in [0.25, 0.3) is 0 Å². The Bertz CT molecular complexity index is 1300. The standard InChI is InChI=1S/C77H149NO5/c1-3-5-7-9-11-13-15-17-19-38-41-45-49-53-57-61-65-69-75(80)74(73-79)78-76(81)70-66-62-58-54-50-46-42-39-36-34-32-30-28-26-24-22-21-23-25-27-29-31-33-35-37-40-44-48-52-56-60-64-68-72-83-77(82)71-67-63-59-55-51-47-43-20-18-16-14-12-10-8-6-4-2/h25,27,65,69,74-75,79-80H,3-24,26,28-64,66-68,70-73H2,1-2H3,(H,78,81)/b27-25-,69-65+. The van der Waals surface area contributed by atoms with Gasteiger partial charge in [-0.1, -0.05) is 385 Å². The van der Waals surface area contributed by atoms with Crippen LogP contribution in [0.1, 0.15) is 431 Å². The topological polar surface area (TPSA) is 95.9 Å². The third kappa shape index (κ3) is 69.3. The molecule has 3 N–H and O–H groups in total. The van der Waals surface area contributed by atoms with Gasteiger partial charge in [0.05, 0.1) is 25.4 Å². The second-order valence-corrected chi connectivity index (χ2v) is 26.3. The molecule has 0 aromatic rings. The van der Waals surface area contributed by atoms with Crippen molar-refractivity contribution in [3.8, 4) is 0 Å². The summed E-state index contributed by atoms with van der Waals surface area (Å²) >= 11 is 0. The third-order valence-corrected chi connectivity index (χ3v) is 18.0. The number of carbonyl (C=O) groups is 2. The SMILES string of the molecule is CCCCCCCCCCCCCCCCC/C=C/C(O)C(CO)NC(=O)CCCCCCCCCCCCCCCCCCC/C=C\CCCCCCCCCCCCCCOC(=O)CCCCCCCCCCCCCCCCCC. The molecule has 0 aliphatic carbocycles. The van der Waals surface area contributed by atoms with Crippen molar-refractivity contribution in [2.45, 2.75) is 443 Å². The lowest BCUT2D eigenvalue weighted by Gasteiger charge is -2.20. The smallest absolute Gasteiger partial charge is 0.305 e. The number of aliphatic hydroxyl groups excluding tert-OH is 2. The van der Waals surface area contributed by atoms with Gasteiger partial charge >= 0.3 is 5.97 Å². The van der Waals surface area contributed by atoms with Gasteiger partial charge in [-0.15, -0.1) is 0 Å². The zero-order valence-electron chi connectivity index (χ0n) is 56.5. The van der Waals surface area contributed by atoms with Gasteiger partial charge in [-0.2, -0.15) is 0 Å². The summed E-state index contributed by atoms with van der Waals surface area (Å²) in [6.45, 7) is 4.95. The molecule has 2 atom stereocenters. The van der Waals surface area contributed by atoms with Gasteiger partial charge in [-0.05, 0) is 57.8 Å². The summed E-state index contributed by atoms with van der Waals surface area (Å²) in [5.41, 5.74) is 0. The molecule has 0 aromatic carbocycles. The van der Waals surface area contributed by atoms with Gasteiger partial charge in [-0.3, -0.25) is 9.59 Å². The van der Waals surface area contributed by atoms with Crippen molar-refractivity contribution in [3.05, 3.63) is 24.3 Å². The first-order chi connectivity index (χ1) is 41.0. The predicted molar refractivity (Wildman–Crippen MR) is 366 cm³/mol. The predicted octanol–water partition coefficient (Wildman–Crippen LogP) is 24.9. The first-order valence-corrected chi connectivity index (χ1v) is 38.1. The Balaban J connectivity index is 3.35. The van der Waals surface area contributed by atoms with Crippen molar-refractivity contribution >= 4 is 11.9 Å². The zero-order valence-corrected chi connectivity index (χ0v) is 56.5. The van der Waals surface area contributed by atoms with E-state index in [2.05, 4.69) is 31.3 Å². The first-order valence-electron chi connectivity index (χ1n) is 38.1. The first kappa shape index (κ1) is 81.3. The molecular weight excluding hydrogens is 1020 g/mol. The van der Waals surface area contributed by atoms with Gasteiger partial charge in [0.15, 0.2) is 0 Å². The Morgan fingerprint density at radius 3 is 0.855 bits per heavy atom. The molecule has 0 heterocycles. The molecule has 0 bridgehead atoms. The molecule has 0 saturated heterocycles. The highest BCUT2D eigenvalue weighted by Gasteiger charge is 2.18. The zero-order chi connectivity index (χ0) is 59.9. The van der Waals surface area contributed by atoms with E-state index in [1.165, 1.54) is 366 Å². The Hall–Kier alpha value is -1.66. The number of amides is 1. The lowest BCUT2D eigenvalue weighted by Crippen LogP contribution is -2.45. The summed E-state index contributed by atoms with van der Waals surface area (Å²) in [5, 5.41) is 23.2. The lowest BCUT2D eigenvalue weighted by molar-refractivity contribution is -0.143. The van der Waals surface area contributed by atoms with Crippen LogP contribution in [0.2, 0.25) is 0 Å². The van der Waals surface area contributed by atoms with E-state index in [0.717, 1.165) is 38.5 Å². The highest BCUT2D eigenvalue weighted by Crippen LogP contribution is 2.19. The summed E-state index contributed by atoms with van der Waals surface area (Å²) in [5.74, 6) is -0.0385. The van der Waals surface area contributed by atoms with Crippen molar-refractivity contribution in [1.29, 1.82) is 0 Å². The van der Waals surface area contributed by atoms with Crippen LogP contribution in [-0.4, -0.2) is 47.4 Å². The maximum atomic E-state index is 12.5. The molecule has 1 amide bonds. The molecule has 0 fully saturated rings. The largest absolute Gasteiger partial charge is 0.466 e. The van der Waals surface area contributed by atoms with Gasteiger partial charge < -0.3 is 20.3 Å². The van der Waals surface area contributed by atoms with E-state index in [4.69, 9.17) is 4.74 Å². The number of ether oxygens (including phenoxy) is 1. The molecule has 2 unspecified atom stereocenters. The van der Waals surface area contributed by atoms with Crippen LogP contribution in [0, 0.1) is 0 Å². The molecule has 0 rings (SSSR count). The Labute approximate surface area is 520 Å². The number of esters is 1. The van der Waals surface area contributed by atoms with Gasteiger partial charge in [-0.25, -0.2) is 0 Å². The summed E-state index contributed by atoms with van der Waals surface area (Å²) in [6.07, 6.45) is 92.9. The van der Waals surface area contributed by atoms with Crippen molar-refractivity contribution < 1.29 is 24.5 Å². The minimum absolute atomic E-state index is 0.0228. The summed E-state index contributed by atoms with van der Waals surface area (Å²) in [7, 11) is 0. The molecule has 6 nitrogen and oxygen atoms in total. The highest BCUT2D eigenvalue weighted by atomic mass is 16.5. The van der Waals surface area contributed by atoms with E-state index in [1.807, 2.05) is 6.08 Å². The van der Waals surface area contributed by atoms with Crippen LogP contribution in [0.3, 0.4) is 0 Å². The highest BCUT2D eigenvalue weighted by molar-refractivity contribution is 5.76. The van der Waals surface area contributed by atoms with Crippen molar-refractivity contribution in [1.82, 2.24) is 5.32 Å². The third-order valence-electron chi connectivity index (χ3n) is 18.0. The fourth-order valence-corrected chi connectivity index (χ4v) is 12.2. The minimum Gasteiger partial charge on any atom is -0.466 e. The summed E-state index contributed by atoms with van der Waals surface area (Å²) < 4.78 is 5.51. The molecule has 0 aromatic heterocycles. The molecule has 0 saturated carbocycles. The van der Waals surface area contributed by atoms with E-state index >= 15 is 0 Å². The second-order valence-electron chi connectivity index (χ2n) is 26.3. The molecule has 492 valence electrons. The van der Waals surface area contributed by atoms with E-state index in [9.17, 15) is 19.8 Å². The fourth-order valence-electron chi connectivity index (χ4n) is 12.2. The second kappa shape index (κ2) is 72.8. The number of hydrogen-bond donors (Lipinski definition) is 3. The molecule has 0 spiro atoms. The lowest BCUT2D eigenvalue weighted by atomic mass is 10.0. The van der Waals surface area contributed by atoms with Crippen LogP contribution in [0.4, 0.5) is 0 Å². The van der Waals surface area contributed by atoms with Crippen molar-refractivity contribution in [2.24, 2.45) is 0 Å². The Kier molecular flexibility index (Phi) is 71.4.